The van der Waals surface area contributed by atoms with E-state index in [2.05, 4.69) is 43.1 Å². The molecular formula is C16H17N. The van der Waals surface area contributed by atoms with Crippen molar-refractivity contribution in [3.63, 3.8) is 0 Å². The number of pyridine rings is 1. The van der Waals surface area contributed by atoms with E-state index in [1.807, 2.05) is 12.3 Å². The summed E-state index contributed by atoms with van der Waals surface area (Å²) in [6.45, 7) is 4.33. The lowest BCUT2D eigenvalue weighted by molar-refractivity contribution is 1.03. The van der Waals surface area contributed by atoms with Crippen molar-refractivity contribution in [3.05, 3.63) is 53.3 Å². The molecular weight excluding hydrogens is 206 g/mol. The molecule has 0 saturated heterocycles. The van der Waals surface area contributed by atoms with E-state index in [0.717, 1.165) is 0 Å². The Labute approximate surface area is 103 Å². The third kappa shape index (κ3) is 1.97. The second-order valence-electron chi connectivity index (χ2n) is 5.03. The minimum absolute atomic E-state index is 0.701. The number of rotatable bonds is 2. The highest BCUT2D eigenvalue weighted by molar-refractivity contribution is 5.70. The molecule has 2 aromatic rings. The van der Waals surface area contributed by atoms with Gasteiger partial charge in [-0.1, -0.05) is 29.8 Å². The Bertz CT molecular complexity index is 553. The highest BCUT2D eigenvalue weighted by atomic mass is 14.7. The van der Waals surface area contributed by atoms with E-state index < -0.39 is 0 Å². The molecule has 0 atom stereocenters. The highest BCUT2D eigenvalue weighted by Crippen LogP contribution is 2.43. The number of aryl methyl sites for hydroxylation is 2. The number of aromatic nitrogens is 1. The van der Waals surface area contributed by atoms with Crippen LogP contribution in [0.5, 0.6) is 0 Å². The molecule has 1 aromatic carbocycles. The lowest BCUT2D eigenvalue weighted by Gasteiger charge is -2.11. The molecule has 86 valence electrons. The fourth-order valence-corrected chi connectivity index (χ4v) is 2.44. The molecule has 0 N–H and O–H groups in total. The zero-order valence-electron chi connectivity index (χ0n) is 10.4. The van der Waals surface area contributed by atoms with Crippen LogP contribution in [0.15, 0.2) is 36.5 Å². The van der Waals surface area contributed by atoms with Gasteiger partial charge in [0.25, 0.3) is 0 Å². The Morgan fingerprint density at radius 1 is 1.06 bits per heavy atom. The quantitative estimate of drug-likeness (QED) is 0.742. The van der Waals surface area contributed by atoms with E-state index in [0.29, 0.717) is 5.92 Å². The normalized spacial score (nSPS) is 14.9. The van der Waals surface area contributed by atoms with Crippen LogP contribution < -0.4 is 0 Å². The highest BCUT2D eigenvalue weighted by Gasteiger charge is 2.27. The summed E-state index contributed by atoms with van der Waals surface area (Å²) < 4.78 is 0. The van der Waals surface area contributed by atoms with E-state index in [1.165, 1.54) is 40.8 Å². The maximum atomic E-state index is 4.58. The largest absolute Gasteiger partial charge is 0.260 e. The summed E-state index contributed by atoms with van der Waals surface area (Å²) in [4.78, 5) is 4.58. The van der Waals surface area contributed by atoms with Gasteiger partial charge in [0.15, 0.2) is 0 Å². The fraction of sp³-hybridized carbons (Fsp3) is 0.312. The lowest BCUT2D eigenvalue weighted by atomic mass is 9.96. The summed E-state index contributed by atoms with van der Waals surface area (Å²) in [5.41, 5.74) is 6.63. The standard InChI is InChI=1S/C16H17N/c1-11-5-8-14(12(2)10-11)15-4-3-9-17-16(15)13-6-7-13/h3-5,8-10,13H,6-7H2,1-2H3. The van der Waals surface area contributed by atoms with E-state index >= 15 is 0 Å². The van der Waals surface area contributed by atoms with Crippen molar-refractivity contribution in [1.82, 2.24) is 4.98 Å². The smallest absolute Gasteiger partial charge is 0.0512 e. The van der Waals surface area contributed by atoms with Gasteiger partial charge in [0.2, 0.25) is 0 Å². The van der Waals surface area contributed by atoms with Crippen LogP contribution in [0.3, 0.4) is 0 Å². The Morgan fingerprint density at radius 3 is 2.59 bits per heavy atom. The molecule has 0 aliphatic heterocycles. The second-order valence-corrected chi connectivity index (χ2v) is 5.03. The van der Waals surface area contributed by atoms with Crippen molar-refractivity contribution >= 4 is 0 Å². The first kappa shape index (κ1) is 10.5. The molecule has 1 heterocycles. The average molecular weight is 223 g/mol. The third-order valence-corrected chi connectivity index (χ3v) is 3.47. The zero-order chi connectivity index (χ0) is 11.8. The molecule has 0 bridgehead atoms. The van der Waals surface area contributed by atoms with Crippen molar-refractivity contribution in [2.45, 2.75) is 32.6 Å². The first-order valence-corrected chi connectivity index (χ1v) is 6.28. The minimum Gasteiger partial charge on any atom is -0.260 e. The van der Waals surface area contributed by atoms with E-state index in [-0.39, 0.29) is 0 Å². The van der Waals surface area contributed by atoms with Gasteiger partial charge in [0.1, 0.15) is 0 Å². The van der Waals surface area contributed by atoms with Crippen molar-refractivity contribution in [2.24, 2.45) is 0 Å². The van der Waals surface area contributed by atoms with Gasteiger partial charge in [0.05, 0.1) is 5.69 Å². The molecule has 1 aromatic heterocycles. The van der Waals surface area contributed by atoms with E-state index in [9.17, 15) is 0 Å². The van der Waals surface area contributed by atoms with Crippen molar-refractivity contribution in [2.75, 3.05) is 0 Å². The Morgan fingerprint density at radius 2 is 1.88 bits per heavy atom. The van der Waals surface area contributed by atoms with Gasteiger partial charge < -0.3 is 0 Å². The second kappa shape index (κ2) is 3.99. The van der Waals surface area contributed by atoms with Crippen LogP contribution in [0.25, 0.3) is 11.1 Å². The molecule has 17 heavy (non-hydrogen) atoms. The van der Waals surface area contributed by atoms with Gasteiger partial charge in [-0.3, -0.25) is 4.98 Å². The molecule has 3 rings (SSSR count). The van der Waals surface area contributed by atoms with Gasteiger partial charge in [0, 0.05) is 17.7 Å². The van der Waals surface area contributed by atoms with Gasteiger partial charge >= 0.3 is 0 Å². The molecule has 0 amide bonds. The van der Waals surface area contributed by atoms with Crippen LogP contribution in [0.2, 0.25) is 0 Å². The number of hydrogen-bond acceptors (Lipinski definition) is 1. The van der Waals surface area contributed by atoms with Gasteiger partial charge in [-0.15, -0.1) is 0 Å². The van der Waals surface area contributed by atoms with Gasteiger partial charge in [-0.2, -0.15) is 0 Å². The summed E-state index contributed by atoms with van der Waals surface area (Å²) >= 11 is 0. The molecule has 1 heteroatoms. The van der Waals surface area contributed by atoms with Gasteiger partial charge in [-0.25, -0.2) is 0 Å². The third-order valence-electron chi connectivity index (χ3n) is 3.47. The van der Waals surface area contributed by atoms with Crippen LogP contribution in [-0.4, -0.2) is 4.98 Å². The molecule has 0 spiro atoms. The van der Waals surface area contributed by atoms with Crippen molar-refractivity contribution < 1.29 is 0 Å². The van der Waals surface area contributed by atoms with Gasteiger partial charge in [-0.05, 0) is 43.9 Å². The predicted octanol–water partition coefficient (Wildman–Crippen LogP) is 4.24. The van der Waals surface area contributed by atoms with Crippen LogP contribution in [-0.2, 0) is 0 Å². The van der Waals surface area contributed by atoms with Crippen LogP contribution in [0, 0.1) is 13.8 Å². The monoisotopic (exact) mass is 223 g/mol. The molecule has 1 aliphatic rings. The average Bonchev–Trinajstić information content (AvgIpc) is 3.13. The number of nitrogens with zero attached hydrogens (tertiary/aromatic N) is 1. The van der Waals surface area contributed by atoms with Crippen LogP contribution >= 0.6 is 0 Å². The Hall–Kier alpha value is -1.63. The van der Waals surface area contributed by atoms with Crippen LogP contribution in [0.4, 0.5) is 0 Å². The first-order valence-electron chi connectivity index (χ1n) is 6.28. The molecule has 0 radical (unpaired) electrons. The summed E-state index contributed by atoms with van der Waals surface area (Å²) in [7, 11) is 0. The summed E-state index contributed by atoms with van der Waals surface area (Å²) in [6, 6.07) is 10.9. The molecule has 1 aliphatic carbocycles. The molecule has 0 unspecified atom stereocenters. The lowest BCUT2D eigenvalue weighted by Crippen LogP contribution is -1.93. The Balaban J connectivity index is 2.14. The molecule has 1 nitrogen and oxygen atoms in total. The topological polar surface area (TPSA) is 12.9 Å². The molecule has 1 saturated carbocycles. The maximum absolute atomic E-state index is 4.58. The zero-order valence-corrected chi connectivity index (χ0v) is 10.4. The summed E-state index contributed by atoms with van der Waals surface area (Å²) in [5.74, 6) is 0.701. The van der Waals surface area contributed by atoms with Crippen LogP contribution in [0.1, 0.15) is 35.6 Å². The van der Waals surface area contributed by atoms with E-state index in [4.69, 9.17) is 0 Å². The summed E-state index contributed by atoms with van der Waals surface area (Å²) in [5, 5.41) is 0. The first-order chi connectivity index (χ1) is 8.25. The minimum atomic E-state index is 0.701. The fourth-order valence-electron chi connectivity index (χ4n) is 2.44. The summed E-state index contributed by atoms with van der Waals surface area (Å²) in [6.07, 6.45) is 4.52. The number of benzene rings is 1. The van der Waals surface area contributed by atoms with Crippen molar-refractivity contribution in [3.8, 4) is 11.1 Å². The molecule has 1 fully saturated rings. The van der Waals surface area contributed by atoms with Crippen molar-refractivity contribution in [1.29, 1.82) is 0 Å². The van der Waals surface area contributed by atoms with E-state index in [1.54, 1.807) is 0 Å². The SMILES string of the molecule is Cc1ccc(-c2cccnc2C2CC2)c(C)c1. The Kier molecular flexibility index (Phi) is 2.47. The maximum Gasteiger partial charge on any atom is 0.0512 e. The predicted molar refractivity (Wildman–Crippen MR) is 71.1 cm³/mol. The number of hydrogen-bond donors (Lipinski definition) is 0.